The molecule has 0 aromatic carbocycles. The van der Waals surface area contributed by atoms with E-state index in [4.69, 9.17) is 5.11 Å². The summed E-state index contributed by atoms with van der Waals surface area (Å²) in [5, 5.41) is 20.0. The van der Waals surface area contributed by atoms with Crippen molar-refractivity contribution in [3.8, 4) is 0 Å². The van der Waals surface area contributed by atoms with Gasteiger partial charge in [0.25, 0.3) is 0 Å². The highest BCUT2D eigenvalue weighted by Crippen LogP contribution is 2.17. The second-order valence-electron chi connectivity index (χ2n) is 5.67. The number of carboxylic acid groups (broad SMARTS) is 1. The summed E-state index contributed by atoms with van der Waals surface area (Å²) in [4.78, 5) is 23.2. The van der Waals surface area contributed by atoms with Gasteiger partial charge in [0.2, 0.25) is 5.91 Å². The van der Waals surface area contributed by atoms with E-state index in [0.29, 0.717) is 5.69 Å². The molecule has 0 saturated heterocycles. The molecule has 118 valence electrons. The molecule has 8 heteroatoms. The van der Waals surface area contributed by atoms with Crippen molar-refractivity contribution in [2.45, 2.75) is 39.8 Å². The molecule has 0 spiro atoms. The van der Waals surface area contributed by atoms with Crippen LogP contribution in [0.4, 0.5) is 5.69 Å². The number of rotatable bonds is 5. The van der Waals surface area contributed by atoms with Crippen molar-refractivity contribution in [1.82, 2.24) is 19.6 Å². The van der Waals surface area contributed by atoms with Crippen LogP contribution in [0.1, 0.15) is 25.2 Å². The zero-order chi connectivity index (χ0) is 16.5. The molecule has 2 rings (SSSR count). The maximum Gasteiger partial charge on any atom is 0.331 e. The second-order valence-corrected chi connectivity index (χ2v) is 5.67. The first-order valence-electron chi connectivity index (χ1n) is 6.79. The molecule has 0 aliphatic rings. The molecule has 2 N–H and O–H groups in total. The summed E-state index contributed by atoms with van der Waals surface area (Å²) in [6.45, 7) is 6.89. The molecule has 0 bridgehead atoms. The number of nitrogens with zero attached hydrogens (tertiary/aromatic N) is 4. The lowest BCUT2D eigenvalue weighted by Crippen LogP contribution is -2.35. The summed E-state index contributed by atoms with van der Waals surface area (Å²) in [5.74, 6) is -1.25. The Hall–Kier alpha value is -2.64. The van der Waals surface area contributed by atoms with E-state index >= 15 is 0 Å². The first-order valence-corrected chi connectivity index (χ1v) is 6.79. The number of carbonyl (C=O) groups excluding carboxylic acids is 1. The van der Waals surface area contributed by atoms with E-state index in [1.165, 1.54) is 30.9 Å². The predicted molar refractivity (Wildman–Crippen MR) is 79.5 cm³/mol. The van der Waals surface area contributed by atoms with Gasteiger partial charge in [0, 0.05) is 11.9 Å². The third-order valence-corrected chi connectivity index (χ3v) is 3.36. The molecule has 0 fully saturated rings. The van der Waals surface area contributed by atoms with Crippen LogP contribution in [0.25, 0.3) is 0 Å². The van der Waals surface area contributed by atoms with E-state index in [9.17, 15) is 9.59 Å². The van der Waals surface area contributed by atoms with Gasteiger partial charge < -0.3 is 10.4 Å². The quantitative estimate of drug-likeness (QED) is 0.863. The van der Waals surface area contributed by atoms with Crippen LogP contribution in [0.5, 0.6) is 0 Å². The number of hydrogen-bond donors (Lipinski definition) is 2. The van der Waals surface area contributed by atoms with Crippen molar-refractivity contribution >= 4 is 17.6 Å². The molecule has 0 atom stereocenters. The Balaban J connectivity index is 2.05. The Labute approximate surface area is 127 Å². The summed E-state index contributed by atoms with van der Waals surface area (Å²) in [6, 6.07) is 1.89. The van der Waals surface area contributed by atoms with Crippen LogP contribution in [0.2, 0.25) is 0 Å². The minimum Gasteiger partial charge on any atom is -0.479 e. The fourth-order valence-corrected chi connectivity index (χ4v) is 1.96. The Morgan fingerprint density at radius 3 is 2.59 bits per heavy atom. The van der Waals surface area contributed by atoms with Crippen molar-refractivity contribution in [2.75, 3.05) is 5.32 Å². The van der Waals surface area contributed by atoms with E-state index < -0.39 is 11.5 Å². The molecule has 2 aromatic heterocycles. The maximum absolute atomic E-state index is 12.0. The van der Waals surface area contributed by atoms with Crippen molar-refractivity contribution in [3.63, 3.8) is 0 Å². The van der Waals surface area contributed by atoms with Gasteiger partial charge in [-0.25, -0.2) is 4.79 Å². The summed E-state index contributed by atoms with van der Waals surface area (Å²) >= 11 is 0. The van der Waals surface area contributed by atoms with Crippen molar-refractivity contribution < 1.29 is 14.7 Å². The van der Waals surface area contributed by atoms with E-state index in [1.807, 2.05) is 19.9 Å². The molecular formula is C14H19N5O3. The van der Waals surface area contributed by atoms with Crippen LogP contribution in [0.3, 0.4) is 0 Å². The Morgan fingerprint density at radius 2 is 2.05 bits per heavy atom. The van der Waals surface area contributed by atoms with Gasteiger partial charge in [0.05, 0.1) is 17.6 Å². The topological polar surface area (TPSA) is 102 Å². The largest absolute Gasteiger partial charge is 0.479 e. The molecule has 22 heavy (non-hydrogen) atoms. The van der Waals surface area contributed by atoms with Crippen LogP contribution >= 0.6 is 0 Å². The fraction of sp³-hybridized carbons (Fsp3) is 0.429. The summed E-state index contributed by atoms with van der Waals surface area (Å²) in [7, 11) is 0. The summed E-state index contributed by atoms with van der Waals surface area (Å²) < 4.78 is 2.91. The number of aromatic nitrogens is 4. The van der Waals surface area contributed by atoms with Gasteiger partial charge in [-0.15, -0.1) is 0 Å². The van der Waals surface area contributed by atoms with Gasteiger partial charge in [0.1, 0.15) is 6.54 Å². The first-order chi connectivity index (χ1) is 10.2. The number of aliphatic carboxylic acids is 1. The lowest BCUT2D eigenvalue weighted by molar-refractivity contribution is -0.146. The molecule has 0 aliphatic heterocycles. The number of aryl methyl sites for hydroxylation is 2. The van der Waals surface area contributed by atoms with Crippen molar-refractivity contribution in [1.29, 1.82) is 0 Å². The van der Waals surface area contributed by atoms with Gasteiger partial charge in [-0.2, -0.15) is 10.2 Å². The average molecular weight is 305 g/mol. The highest BCUT2D eigenvalue weighted by atomic mass is 16.4. The Morgan fingerprint density at radius 1 is 1.36 bits per heavy atom. The lowest BCUT2D eigenvalue weighted by Gasteiger charge is -2.19. The van der Waals surface area contributed by atoms with Crippen LogP contribution in [0, 0.1) is 13.8 Å². The minimum absolute atomic E-state index is 0.0905. The van der Waals surface area contributed by atoms with Crippen LogP contribution in [-0.2, 0) is 21.7 Å². The molecule has 0 aliphatic carbocycles. The minimum atomic E-state index is -1.18. The normalized spacial score (nSPS) is 11.5. The zero-order valence-corrected chi connectivity index (χ0v) is 13.0. The van der Waals surface area contributed by atoms with Crippen molar-refractivity contribution in [3.05, 3.63) is 29.8 Å². The number of hydrogen-bond acceptors (Lipinski definition) is 4. The smallest absolute Gasteiger partial charge is 0.331 e. The predicted octanol–water partition coefficient (Wildman–Crippen LogP) is 1.15. The molecule has 8 nitrogen and oxygen atoms in total. The monoisotopic (exact) mass is 305 g/mol. The van der Waals surface area contributed by atoms with E-state index in [0.717, 1.165) is 11.4 Å². The fourth-order valence-electron chi connectivity index (χ4n) is 1.96. The zero-order valence-electron chi connectivity index (χ0n) is 13.0. The summed E-state index contributed by atoms with van der Waals surface area (Å²) in [5.41, 5.74) is 1.01. The van der Waals surface area contributed by atoms with Crippen LogP contribution in [-0.4, -0.2) is 36.5 Å². The highest BCUT2D eigenvalue weighted by Gasteiger charge is 2.30. The first kappa shape index (κ1) is 15.7. The highest BCUT2D eigenvalue weighted by molar-refractivity contribution is 5.90. The SMILES string of the molecule is Cc1cc(C)n(CC(=O)Nc2cnn(C(C)(C)C(=O)O)c2)n1. The molecule has 0 radical (unpaired) electrons. The number of carbonyl (C=O) groups is 2. The van der Waals surface area contributed by atoms with Gasteiger partial charge in [-0.3, -0.25) is 14.2 Å². The third-order valence-electron chi connectivity index (χ3n) is 3.36. The Kier molecular flexibility index (Phi) is 4.03. The molecule has 0 unspecified atom stereocenters. The van der Waals surface area contributed by atoms with Crippen LogP contribution in [0.15, 0.2) is 18.5 Å². The van der Waals surface area contributed by atoms with Gasteiger partial charge >= 0.3 is 5.97 Å². The molecule has 2 aromatic rings. The van der Waals surface area contributed by atoms with Gasteiger partial charge in [0.15, 0.2) is 5.54 Å². The van der Waals surface area contributed by atoms with Gasteiger partial charge in [-0.1, -0.05) is 0 Å². The maximum atomic E-state index is 12.0. The number of nitrogens with one attached hydrogen (secondary N) is 1. The van der Waals surface area contributed by atoms with E-state index in [-0.39, 0.29) is 12.5 Å². The third kappa shape index (κ3) is 3.16. The van der Waals surface area contributed by atoms with Crippen molar-refractivity contribution in [2.24, 2.45) is 0 Å². The molecule has 2 heterocycles. The van der Waals surface area contributed by atoms with Crippen LogP contribution < -0.4 is 5.32 Å². The van der Waals surface area contributed by atoms with E-state index in [2.05, 4.69) is 15.5 Å². The van der Waals surface area contributed by atoms with E-state index in [1.54, 1.807) is 4.68 Å². The van der Waals surface area contributed by atoms with Gasteiger partial charge in [-0.05, 0) is 33.8 Å². The second kappa shape index (κ2) is 5.63. The molecular weight excluding hydrogens is 286 g/mol. The number of anilines is 1. The average Bonchev–Trinajstić information content (AvgIpc) is 2.97. The standard InChI is InChI=1S/C14H19N5O3/c1-9-5-10(2)18(17-9)8-12(20)16-11-6-15-19(7-11)14(3,4)13(21)22/h5-7H,8H2,1-4H3,(H,16,20)(H,21,22). The number of amides is 1. The molecule has 0 saturated carbocycles. The Bertz CT molecular complexity index is 714. The molecule has 1 amide bonds. The number of carboxylic acids is 1. The lowest BCUT2D eigenvalue weighted by atomic mass is 10.1. The summed E-state index contributed by atoms with van der Waals surface area (Å²) in [6.07, 6.45) is 2.91.